The van der Waals surface area contributed by atoms with Gasteiger partial charge in [0.1, 0.15) is 0 Å². The molecule has 2 saturated carbocycles. The predicted molar refractivity (Wildman–Crippen MR) is 78.1 cm³/mol. The smallest absolute Gasteiger partial charge is 0.312 e. The van der Waals surface area contributed by atoms with E-state index in [0.717, 1.165) is 18.4 Å². The third kappa shape index (κ3) is 1.94. The Labute approximate surface area is 121 Å². The molecule has 2 fully saturated rings. The molecule has 0 aromatic carbocycles. The van der Waals surface area contributed by atoms with Crippen molar-refractivity contribution >= 4 is 11.8 Å². The zero-order valence-electron chi connectivity index (χ0n) is 13.3. The summed E-state index contributed by atoms with van der Waals surface area (Å²) in [5.41, 5.74) is 0.628. The van der Waals surface area contributed by atoms with Crippen LogP contribution >= 0.6 is 0 Å². The highest BCUT2D eigenvalue weighted by atomic mass is 16.5. The van der Waals surface area contributed by atoms with Crippen LogP contribution in [0, 0.1) is 22.7 Å². The molecule has 0 aromatic heterocycles. The Morgan fingerprint density at radius 3 is 2.50 bits per heavy atom. The van der Waals surface area contributed by atoms with Crippen molar-refractivity contribution in [1.82, 2.24) is 0 Å². The van der Waals surface area contributed by atoms with Gasteiger partial charge < -0.3 is 4.74 Å². The van der Waals surface area contributed by atoms with Crippen LogP contribution in [-0.2, 0) is 14.3 Å². The van der Waals surface area contributed by atoms with Crippen LogP contribution < -0.4 is 0 Å². The van der Waals surface area contributed by atoms with Crippen molar-refractivity contribution in [2.75, 3.05) is 6.61 Å². The summed E-state index contributed by atoms with van der Waals surface area (Å²) in [6.07, 6.45) is 4.61. The van der Waals surface area contributed by atoms with E-state index in [-0.39, 0.29) is 28.5 Å². The Kier molecular flexibility index (Phi) is 3.83. The number of Topliss-reactive ketones (excluding diaryl/α,β-unsaturated/α-hetero) is 1. The molecule has 0 radical (unpaired) electrons. The van der Waals surface area contributed by atoms with E-state index >= 15 is 0 Å². The molecular weight excluding hydrogens is 252 g/mol. The molecule has 2 aliphatic carbocycles. The second kappa shape index (κ2) is 5.01. The summed E-state index contributed by atoms with van der Waals surface area (Å²) in [6, 6.07) is 0. The lowest BCUT2D eigenvalue weighted by molar-refractivity contribution is -0.146. The normalized spacial score (nSPS) is 34.5. The highest BCUT2D eigenvalue weighted by Gasteiger charge is 2.63. The third-order valence-electron chi connectivity index (χ3n) is 5.77. The van der Waals surface area contributed by atoms with Crippen LogP contribution in [0.2, 0.25) is 0 Å². The largest absolute Gasteiger partial charge is 0.466 e. The Bertz CT molecular complexity index is 461. The molecule has 0 aromatic rings. The first-order valence-electron chi connectivity index (χ1n) is 7.72. The van der Waals surface area contributed by atoms with Gasteiger partial charge in [-0.25, -0.2) is 0 Å². The van der Waals surface area contributed by atoms with Gasteiger partial charge in [0.15, 0.2) is 5.78 Å². The van der Waals surface area contributed by atoms with Crippen molar-refractivity contribution in [3.8, 4) is 0 Å². The Hall–Kier alpha value is -1.12. The summed E-state index contributed by atoms with van der Waals surface area (Å²) < 4.78 is 5.10. The first-order valence-corrected chi connectivity index (χ1v) is 7.72. The van der Waals surface area contributed by atoms with Gasteiger partial charge in [0.25, 0.3) is 0 Å². The molecule has 20 heavy (non-hydrogen) atoms. The standard InChI is InChI=1S/C17H26O3/c1-6-11(15(19)20-7-2)10-12-13-8-9-17(5,14(12)18)16(13,3)4/h10-11,13H,6-9H2,1-5H3/b12-10+. The molecule has 0 amide bonds. The summed E-state index contributed by atoms with van der Waals surface area (Å²) in [5.74, 6) is 0.0543. The van der Waals surface area contributed by atoms with Gasteiger partial charge in [0.05, 0.1) is 12.5 Å². The van der Waals surface area contributed by atoms with Gasteiger partial charge in [0, 0.05) is 5.41 Å². The number of carbonyl (C=O) groups is 2. The molecule has 2 aliphatic rings. The highest BCUT2D eigenvalue weighted by molar-refractivity contribution is 6.05. The van der Waals surface area contributed by atoms with Crippen LogP contribution in [-0.4, -0.2) is 18.4 Å². The number of hydrogen-bond donors (Lipinski definition) is 0. The molecule has 3 nitrogen and oxygen atoms in total. The molecule has 2 bridgehead atoms. The van der Waals surface area contributed by atoms with Gasteiger partial charge in [-0.3, -0.25) is 9.59 Å². The van der Waals surface area contributed by atoms with Crippen molar-refractivity contribution in [3.05, 3.63) is 11.6 Å². The Balaban J connectivity index is 2.32. The molecule has 0 aliphatic heterocycles. The SMILES string of the molecule is CCOC(=O)C(/C=C1/C(=O)C2(C)CCC1C2(C)C)CC. The second-order valence-corrected chi connectivity index (χ2v) is 6.86. The maximum absolute atomic E-state index is 12.7. The number of allylic oxidation sites excluding steroid dienone is 1. The van der Waals surface area contributed by atoms with Crippen molar-refractivity contribution in [3.63, 3.8) is 0 Å². The molecule has 3 unspecified atom stereocenters. The van der Waals surface area contributed by atoms with Crippen molar-refractivity contribution < 1.29 is 14.3 Å². The number of ketones is 1. The molecule has 112 valence electrons. The van der Waals surface area contributed by atoms with Crippen LogP contribution in [0.4, 0.5) is 0 Å². The monoisotopic (exact) mass is 278 g/mol. The fourth-order valence-corrected chi connectivity index (χ4v) is 3.94. The molecule has 3 heteroatoms. The number of esters is 1. The van der Waals surface area contributed by atoms with Crippen LogP contribution in [0.1, 0.15) is 53.9 Å². The second-order valence-electron chi connectivity index (χ2n) is 6.86. The topological polar surface area (TPSA) is 43.4 Å². The van der Waals surface area contributed by atoms with E-state index in [1.807, 2.05) is 19.9 Å². The molecule has 0 spiro atoms. The lowest BCUT2D eigenvalue weighted by Crippen LogP contribution is -2.32. The van der Waals surface area contributed by atoms with E-state index in [1.165, 1.54) is 0 Å². The van der Waals surface area contributed by atoms with Gasteiger partial charge in [-0.1, -0.05) is 33.8 Å². The van der Waals surface area contributed by atoms with Gasteiger partial charge in [-0.05, 0) is 43.1 Å². The van der Waals surface area contributed by atoms with Crippen LogP contribution in [0.5, 0.6) is 0 Å². The highest BCUT2D eigenvalue weighted by Crippen LogP contribution is 2.65. The molecule has 3 atom stereocenters. The van der Waals surface area contributed by atoms with Gasteiger partial charge in [-0.2, -0.15) is 0 Å². The molecule has 0 N–H and O–H groups in total. The number of fused-ring (bicyclic) bond motifs is 2. The number of rotatable bonds is 4. The fourth-order valence-electron chi connectivity index (χ4n) is 3.94. The summed E-state index contributed by atoms with van der Waals surface area (Å²) in [5, 5.41) is 0. The quantitative estimate of drug-likeness (QED) is 0.583. The first-order chi connectivity index (χ1) is 9.29. The molecule has 2 rings (SSSR count). The third-order valence-corrected chi connectivity index (χ3v) is 5.77. The fraction of sp³-hybridized carbons (Fsp3) is 0.765. The number of carbonyl (C=O) groups excluding carboxylic acids is 2. The van der Waals surface area contributed by atoms with E-state index < -0.39 is 0 Å². The summed E-state index contributed by atoms with van der Waals surface area (Å²) >= 11 is 0. The Morgan fingerprint density at radius 1 is 1.40 bits per heavy atom. The Morgan fingerprint density at radius 2 is 2.05 bits per heavy atom. The summed E-state index contributed by atoms with van der Waals surface area (Å²) in [7, 11) is 0. The van der Waals surface area contributed by atoms with E-state index in [0.29, 0.717) is 18.9 Å². The van der Waals surface area contributed by atoms with Crippen molar-refractivity contribution in [2.24, 2.45) is 22.7 Å². The maximum Gasteiger partial charge on any atom is 0.312 e. The average Bonchev–Trinajstić information content (AvgIpc) is 2.69. The summed E-state index contributed by atoms with van der Waals surface area (Å²) in [4.78, 5) is 24.7. The van der Waals surface area contributed by atoms with E-state index in [9.17, 15) is 9.59 Å². The zero-order chi connectivity index (χ0) is 15.1. The van der Waals surface area contributed by atoms with Crippen LogP contribution in [0.15, 0.2) is 11.6 Å². The minimum absolute atomic E-state index is 0.00285. The van der Waals surface area contributed by atoms with Crippen LogP contribution in [0.3, 0.4) is 0 Å². The maximum atomic E-state index is 12.7. The first kappa shape index (κ1) is 15.3. The average molecular weight is 278 g/mol. The molecule has 0 saturated heterocycles. The summed E-state index contributed by atoms with van der Waals surface area (Å²) in [6.45, 7) is 10.6. The molecular formula is C17H26O3. The predicted octanol–water partition coefficient (Wildman–Crippen LogP) is 3.53. The van der Waals surface area contributed by atoms with Crippen LogP contribution in [0.25, 0.3) is 0 Å². The van der Waals surface area contributed by atoms with Gasteiger partial charge >= 0.3 is 5.97 Å². The number of hydrogen-bond acceptors (Lipinski definition) is 3. The lowest BCUT2D eigenvalue weighted by Gasteiger charge is -2.31. The van der Waals surface area contributed by atoms with Crippen molar-refractivity contribution in [2.45, 2.75) is 53.9 Å². The van der Waals surface area contributed by atoms with Gasteiger partial charge in [-0.15, -0.1) is 0 Å². The minimum atomic E-state index is -0.285. The lowest BCUT2D eigenvalue weighted by atomic mass is 9.70. The zero-order valence-corrected chi connectivity index (χ0v) is 13.3. The number of ether oxygens (including phenoxy) is 1. The van der Waals surface area contributed by atoms with Gasteiger partial charge in [0.2, 0.25) is 0 Å². The van der Waals surface area contributed by atoms with E-state index in [2.05, 4.69) is 20.8 Å². The molecule has 0 heterocycles. The van der Waals surface area contributed by atoms with E-state index in [1.54, 1.807) is 0 Å². The van der Waals surface area contributed by atoms with Crippen molar-refractivity contribution in [1.29, 1.82) is 0 Å². The van der Waals surface area contributed by atoms with E-state index in [4.69, 9.17) is 4.74 Å². The minimum Gasteiger partial charge on any atom is -0.466 e.